The van der Waals surface area contributed by atoms with Crippen molar-refractivity contribution < 1.29 is 4.74 Å². The van der Waals surface area contributed by atoms with E-state index < -0.39 is 0 Å². The van der Waals surface area contributed by atoms with Crippen molar-refractivity contribution in [1.29, 1.82) is 0 Å². The number of nitrogens with two attached hydrogens (primary N) is 1. The Morgan fingerprint density at radius 3 is 2.89 bits per heavy atom. The molecule has 19 heavy (non-hydrogen) atoms. The average molecular weight is 265 g/mol. The first-order chi connectivity index (χ1) is 8.96. The lowest BCUT2D eigenvalue weighted by molar-refractivity contribution is -0.0861. The van der Waals surface area contributed by atoms with Crippen molar-refractivity contribution in [3.05, 3.63) is 28.7 Å². The molecule has 5 heteroatoms. The third-order valence-corrected chi connectivity index (χ3v) is 3.38. The molecule has 5 nitrogen and oxygen atoms in total. The topological polar surface area (TPSA) is 60.5 Å². The van der Waals surface area contributed by atoms with E-state index in [4.69, 9.17) is 10.5 Å². The Hall–Kier alpha value is -1.33. The third kappa shape index (κ3) is 4.08. The van der Waals surface area contributed by atoms with Crippen molar-refractivity contribution in [3.63, 3.8) is 0 Å². The summed E-state index contributed by atoms with van der Waals surface area (Å²) in [5.74, 6) is 0. The second-order valence-corrected chi connectivity index (χ2v) is 5.73. The molecule has 0 aromatic carbocycles. The number of nitrogen functional groups attached to an aromatic ring is 1. The lowest BCUT2D eigenvalue weighted by Gasteiger charge is -2.38. The molecule has 2 heterocycles. The third-order valence-electron chi connectivity index (χ3n) is 3.38. The Kier molecular flexibility index (Phi) is 4.27. The maximum absolute atomic E-state index is 11.6. The summed E-state index contributed by atoms with van der Waals surface area (Å²) in [5.41, 5.74) is 6.27. The van der Waals surface area contributed by atoms with Crippen LogP contribution in [0.15, 0.2) is 23.1 Å². The zero-order chi connectivity index (χ0) is 13.9. The highest BCUT2D eigenvalue weighted by atomic mass is 16.5. The Balaban J connectivity index is 1.83. The van der Waals surface area contributed by atoms with Crippen molar-refractivity contribution in [2.75, 3.05) is 32.0 Å². The number of hydrogen-bond acceptors (Lipinski definition) is 4. The zero-order valence-corrected chi connectivity index (χ0v) is 11.8. The standard InChI is InChI=1S/C14H23N3O2/c1-14(2)11-16(8-9-19-14)6-3-7-17-10-12(15)4-5-13(17)18/h4-5,10H,3,6-9,11,15H2,1-2H3. The molecule has 0 unspecified atom stereocenters. The van der Waals surface area contributed by atoms with E-state index in [0.717, 1.165) is 32.7 Å². The minimum atomic E-state index is -0.0632. The lowest BCUT2D eigenvalue weighted by Crippen LogP contribution is -2.48. The quantitative estimate of drug-likeness (QED) is 0.880. The minimum absolute atomic E-state index is 0.0107. The van der Waals surface area contributed by atoms with Crippen LogP contribution in [0, 0.1) is 0 Å². The average Bonchev–Trinajstić information content (AvgIpc) is 2.32. The van der Waals surface area contributed by atoms with Crippen molar-refractivity contribution in [2.45, 2.75) is 32.4 Å². The number of anilines is 1. The summed E-state index contributed by atoms with van der Waals surface area (Å²) in [4.78, 5) is 14.0. The number of rotatable bonds is 4. The number of ether oxygens (including phenoxy) is 1. The van der Waals surface area contributed by atoms with E-state index in [1.54, 1.807) is 16.8 Å². The predicted molar refractivity (Wildman–Crippen MR) is 76.2 cm³/mol. The maximum Gasteiger partial charge on any atom is 0.250 e. The molecule has 1 fully saturated rings. The SMILES string of the molecule is CC1(C)CN(CCCn2cc(N)ccc2=O)CCO1. The summed E-state index contributed by atoms with van der Waals surface area (Å²) in [6.45, 7) is 8.61. The van der Waals surface area contributed by atoms with Gasteiger partial charge in [0.05, 0.1) is 12.2 Å². The molecule has 1 aliphatic rings. The fraction of sp³-hybridized carbons (Fsp3) is 0.643. The molecule has 0 saturated carbocycles. The van der Waals surface area contributed by atoms with Crippen molar-refractivity contribution in [1.82, 2.24) is 9.47 Å². The molecular weight excluding hydrogens is 242 g/mol. The Morgan fingerprint density at radius 1 is 1.37 bits per heavy atom. The van der Waals surface area contributed by atoms with Crippen LogP contribution in [0.3, 0.4) is 0 Å². The van der Waals surface area contributed by atoms with Gasteiger partial charge in [-0.25, -0.2) is 0 Å². The van der Waals surface area contributed by atoms with Crippen LogP contribution in [0.5, 0.6) is 0 Å². The molecule has 0 aliphatic carbocycles. The van der Waals surface area contributed by atoms with Crippen molar-refractivity contribution >= 4 is 5.69 Å². The number of aromatic nitrogens is 1. The van der Waals surface area contributed by atoms with E-state index >= 15 is 0 Å². The van der Waals surface area contributed by atoms with E-state index in [0.29, 0.717) is 12.2 Å². The van der Waals surface area contributed by atoms with Gasteiger partial charge in [-0.05, 0) is 26.3 Å². The van der Waals surface area contributed by atoms with E-state index in [-0.39, 0.29) is 11.2 Å². The predicted octanol–water partition coefficient (Wildman–Crippen LogP) is 0.931. The van der Waals surface area contributed by atoms with Crippen LogP contribution in [0.1, 0.15) is 20.3 Å². The van der Waals surface area contributed by atoms with Crippen LogP contribution in [-0.4, -0.2) is 41.3 Å². The number of hydrogen-bond donors (Lipinski definition) is 1. The molecule has 1 aromatic heterocycles. The Labute approximate surface area is 114 Å². The van der Waals surface area contributed by atoms with Gasteiger partial charge in [0.15, 0.2) is 0 Å². The second-order valence-electron chi connectivity index (χ2n) is 5.73. The van der Waals surface area contributed by atoms with Gasteiger partial charge in [-0.3, -0.25) is 9.69 Å². The van der Waals surface area contributed by atoms with Gasteiger partial charge in [0.25, 0.3) is 5.56 Å². The molecule has 1 aromatic rings. The van der Waals surface area contributed by atoms with Crippen LogP contribution in [0.25, 0.3) is 0 Å². The van der Waals surface area contributed by atoms with E-state index in [1.165, 1.54) is 6.07 Å². The van der Waals surface area contributed by atoms with Gasteiger partial charge in [-0.15, -0.1) is 0 Å². The van der Waals surface area contributed by atoms with Gasteiger partial charge in [-0.1, -0.05) is 0 Å². The molecule has 2 N–H and O–H groups in total. The van der Waals surface area contributed by atoms with Crippen LogP contribution >= 0.6 is 0 Å². The fourth-order valence-corrected chi connectivity index (χ4v) is 2.49. The smallest absolute Gasteiger partial charge is 0.250 e. The Bertz CT molecular complexity index is 482. The number of morpholine rings is 1. The van der Waals surface area contributed by atoms with E-state index in [1.807, 2.05) is 0 Å². The number of pyridine rings is 1. The number of nitrogens with zero attached hydrogens (tertiary/aromatic N) is 2. The molecule has 0 atom stereocenters. The van der Waals surface area contributed by atoms with Crippen LogP contribution in [0.4, 0.5) is 5.69 Å². The summed E-state index contributed by atoms with van der Waals surface area (Å²) < 4.78 is 7.36. The lowest BCUT2D eigenvalue weighted by atomic mass is 10.1. The Morgan fingerprint density at radius 2 is 2.16 bits per heavy atom. The van der Waals surface area contributed by atoms with Gasteiger partial charge in [0, 0.05) is 44.1 Å². The van der Waals surface area contributed by atoms with Crippen molar-refractivity contribution in [2.24, 2.45) is 0 Å². The van der Waals surface area contributed by atoms with Crippen LogP contribution in [-0.2, 0) is 11.3 Å². The van der Waals surface area contributed by atoms with Gasteiger partial charge in [0.1, 0.15) is 0 Å². The first-order valence-corrected chi connectivity index (χ1v) is 6.79. The first-order valence-electron chi connectivity index (χ1n) is 6.79. The van der Waals surface area contributed by atoms with E-state index in [9.17, 15) is 4.79 Å². The van der Waals surface area contributed by atoms with Crippen LogP contribution < -0.4 is 11.3 Å². The summed E-state index contributed by atoms with van der Waals surface area (Å²) in [7, 11) is 0. The molecule has 0 spiro atoms. The van der Waals surface area contributed by atoms with Gasteiger partial charge in [0.2, 0.25) is 0 Å². The molecule has 2 rings (SSSR count). The molecule has 1 saturated heterocycles. The van der Waals surface area contributed by atoms with Gasteiger partial charge in [-0.2, -0.15) is 0 Å². The molecular formula is C14H23N3O2. The summed E-state index contributed by atoms with van der Waals surface area (Å²) >= 11 is 0. The maximum atomic E-state index is 11.6. The highest BCUT2D eigenvalue weighted by molar-refractivity contribution is 5.33. The monoisotopic (exact) mass is 265 g/mol. The molecule has 0 radical (unpaired) electrons. The normalized spacial score (nSPS) is 19.5. The molecule has 0 bridgehead atoms. The zero-order valence-electron chi connectivity index (χ0n) is 11.8. The minimum Gasteiger partial charge on any atom is -0.398 e. The second kappa shape index (κ2) is 5.75. The summed E-state index contributed by atoms with van der Waals surface area (Å²) in [5, 5.41) is 0. The van der Waals surface area contributed by atoms with Crippen molar-refractivity contribution in [3.8, 4) is 0 Å². The fourth-order valence-electron chi connectivity index (χ4n) is 2.49. The molecule has 0 amide bonds. The molecule has 1 aliphatic heterocycles. The highest BCUT2D eigenvalue weighted by Gasteiger charge is 2.26. The first kappa shape index (κ1) is 14.1. The largest absolute Gasteiger partial charge is 0.398 e. The summed E-state index contributed by atoms with van der Waals surface area (Å²) in [6.07, 6.45) is 2.66. The molecule has 106 valence electrons. The van der Waals surface area contributed by atoms with E-state index in [2.05, 4.69) is 18.7 Å². The number of aryl methyl sites for hydroxylation is 1. The van der Waals surface area contributed by atoms with Crippen LogP contribution in [0.2, 0.25) is 0 Å². The van der Waals surface area contributed by atoms with Gasteiger partial charge < -0.3 is 15.0 Å². The summed E-state index contributed by atoms with van der Waals surface area (Å²) in [6, 6.07) is 3.16. The highest BCUT2D eigenvalue weighted by Crippen LogP contribution is 2.16. The van der Waals surface area contributed by atoms with Gasteiger partial charge >= 0.3 is 0 Å².